The monoisotopic (exact) mass is 498 g/mol. The Kier molecular flexibility index (Phi) is 7.13. The van der Waals surface area contributed by atoms with E-state index in [9.17, 15) is 26.4 Å². The summed E-state index contributed by atoms with van der Waals surface area (Å²) in [4.78, 5) is 12.3. The van der Waals surface area contributed by atoms with Crippen LogP contribution < -0.4 is 5.32 Å². The van der Waals surface area contributed by atoms with E-state index in [4.69, 9.17) is 11.6 Å². The van der Waals surface area contributed by atoms with Crippen molar-refractivity contribution >= 4 is 49.1 Å². The van der Waals surface area contributed by atoms with Crippen LogP contribution in [0.5, 0.6) is 0 Å². The molecule has 0 spiro atoms. The number of rotatable bonds is 6. The van der Waals surface area contributed by atoms with Crippen molar-refractivity contribution in [3.05, 3.63) is 57.5 Å². The van der Waals surface area contributed by atoms with Gasteiger partial charge < -0.3 is 5.32 Å². The Balaban J connectivity index is 2.20. The standard InChI is InChI=1S/C17H15BrClF3N2O3S/c1-2-24(28(26,27)13-6-4-12(18)5-7-13)10-16(25)23-15-9-11(17(20,21)22)3-8-14(15)19/h3-9H,2,10H2,1H3,(H,23,25). The van der Waals surface area contributed by atoms with Gasteiger partial charge in [0.15, 0.2) is 0 Å². The van der Waals surface area contributed by atoms with Crippen molar-refractivity contribution < 1.29 is 26.4 Å². The van der Waals surface area contributed by atoms with E-state index < -0.39 is 34.2 Å². The number of alkyl halides is 3. The number of sulfonamides is 1. The van der Waals surface area contributed by atoms with Gasteiger partial charge in [0.05, 0.1) is 27.7 Å². The molecule has 0 aliphatic heterocycles. The maximum atomic E-state index is 12.8. The Morgan fingerprint density at radius 2 is 1.79 bits per heavy atom. The Morgan fingerprint density at radius 3 is 2.32 bits per heavy atom. The summed E-state index contributed by atoms with van der Waals surface area (Å²) in [5.74, 6) is -0.816. The molecule has 2 aromatic carbocycles. The molecule has 11 heteroatoms. The molecule has 0 saturated carbocycles. The third kappa shape index (κ3) is 5.47. The van der Waals surface area contributed by atoms with Gasteiger partial charge in [0, 0.05) is 11.0 Å². The maximum absolute atomic E-state index is 12.8. The highest BCUT2D eigenvalue weighted by Gasteiger charge is 2.31. The number of carbonyl (C=O) groups excluding carboxylic acids is 1. The molecule has 2 aromatic rings. The predicted octanol–water partition coefficient (Wildman–Crippen LogP) is 4.77. The summed E-state index contributed by atoms with van der Waals surface area (Å²) in [5.41, 5.74) is -1.24. The van der Waals surface area contributed by atoms with Gasteiger partial charge in [-0.05, 0) is 42.5 Å². The van der Waals surface area contributed by atoms with Crippen LogP contribution in [0.1, 0.15) is 12.5 Å². The van der Waals surface area contributed by atoms with E-state index in [1.165, 1.54) is 12.1 Å². The van der Waals surface area contributed by atoms with E-state index in [0.717, 1.165) is 16.4 Å². The van der Waals surface area contributed by atoms with Crippen LogP contribution in [0.25, 0.3) is 0 Å². The lowest BCUT2D eigenvalue weighted by atomic mass is 10.2. The zero-order chi connectivity index (χ0) is 21.1. The second-order valence-electron chi connectivity index (χ2n) is 5.63. The van der Waals surface area contributed by atoms with Gasteiger partial charge in [0.2, 0.25) is 15.9 Å². The largest absolute Gasteiger partial charge is 0.416 e. The third-order valence-electron chi connectivity index (χ3n) is 3.69. The van der Waals surface area contributed by atoms with Crippen molar-refractivity contribution in [1.82, 2.24) is 4.31 Å². The first-order chi connectivity index (χ1) is 12.9. The molecule has 28 heavy (non-hydrogen) atoms. The van der Waals surface area contributed by atoms with E-state index in [-0.39, 0.29) is 22.2 Å². The first kappa shape index (κ1) is 22.7. The number of nitrogens with one attached hydrogen (secondary N) is 1. The van der Waals surface area contributed by atoms with Crippen molar-refractivity contribution in [2.24, 2.45) is 0 Å². The lowest BCUT2D eigenvalue weighted by Gasteiger charge is -2.20. The summed E-state index contributed by atoms with van der Waals surface area (Å²) in [6.45, 7) is 0.949. The molecule has 0 bridgehead atoms. The summed E-state index contributed by atoms with van der Waals surface area (Å²) < 4.78 is 65.4. The summed E-state index contributed by atoms with van der Waals surface area (Å²) in [5, 5.41) is 2.14. The fourth-order valence-electron chi connectivity index (χ4n) is 2.27. The first-order valence-corrected chi connectivity index (χ1v) is 10.5. The van der Waals surface area contributed by atoms with Gasteiger partial charge in [-0.2, -0.15) is 17.5 Å². The summed E-state index contributed by atoms with van der Waals surface area (Å²) in [6.07, 6.45) is -4.61. The zero-order valence-electron chi connectivity index (χ0n) is 14.4. The molecule has 0 aromatic heterocycles. The summed E-state index contributed by atoms with van der Waals surface area (Å²) in [6, 6.07) is 8.34. The van der Waals surface area contributed by atoms with Gasteiger partial charge in [-0.25, -0.2) is 8.42 Å². The summed E-state index contributed by atoms with van der Waals surface area (Å²) in [7, 11) is -3.96. The van der Waals surface area contributed by atoms with Gasteiger partial charge >= 0.3 is 6.18 Å². The van der Waals surface area contributed by atoms with Gasteiger partial charge in [0.25, 0.3) is 0 Å². The Hall–Kier alpha value is -1.62. The fourth-order valence-corrected chi connectivity index (χ4v) is 4.10. The quantitative estimate of drug-likeness (QED) is 0.623. The van der Waals surface area contributed by atoms with Crippen LogP contribution in [0.2, 0.25) is 5.02 Å². The Morgan fingerprint density at radius 1 is 1.18 bits per heavy atom. The lowest BCUT2D eigenvalue weighted by molar-refractivity contribution is -0.137. The van der Waals surface area contributed by atoms with Crippen LogP contribution in [0.15, 0.2) is 51.8 Å². The molecule has 152 valence electrons. The average molecular weight is 500 g/mol. The minimum absolute atomic E-state index is 0.0116. The minimum Gasteiger partial charge on any atom is -0.324 e. The first-order valence-electron chi connectivity index (χ1n) is 7.87. The highest BCUT2D eigenvalue weighted by atomic mass is 79.9. The minimum atomic E-state index is -4.61. The highest BCUT2D eigenvalue weighted by Crippen LogP contribution is 2.33. The van der Waals surface area contributed by atoms with Crippen LogP contribution in [0, 0.1) is 0 Å². The van der Waals surface area contributed by atoms with Crippen molar-refractivity contribution in [3.63, 3.8) is 0 Å². The molecular weight excluding hydrogens is 485 g/mol. The molecule has 0 radical (unpaired) electrons. The van der Waals surface area contributed by atoms with Gasteiger partial charge in [-0.15, -0.1) is 0 Å². The topological polar surface area (TPSA) is 66.5 Å². The summed E-state index contributed by atoms with van der Waals surface area (Å²) >= 11 is 9.05. The van der Waals surface area contributed by atoms with E-state index in [0.29, 0.717) is 10.5 Å². The van der Waals surface area contributed by atoms with E-state index in [1.807, 2.05) is 0 Å². The van der Waals surface area contributed by atoms with Crippen LogP contribution in [-0.4, -0.2) is 31.7 Å². The molecular formula is C17H15BrClF3N2O3S. The normalized spacial score (nSPS) is 12.2. The van der Waals surface area contributed by atoms with Crippen molar-refractivity contribution in [3.8, 4) is 0 Å². The second-order valence-corrected chi connectivity index (χ2v) is 8.89. The van der Waals surface area contributed by atoms with Crippen molar-refractivity contribution in [2.75, 3.05) is 18.4 Å². The number of hydrogen-bond acceptors (Lipinski definition) is 3. The number of nitrogens with zero attached hydrogens (tertiary/aromatic N) is 1. The molecule has 0 unspecified atom stereocenters. The number of likely N-dealkylation sites (N-methyl/N-ethyl adjacent to an activating group) is 1. The predicted molar refractivity (Wildman–Crippen MR) is 104 cm³/mol. The van der Waals surface area contributed by atoms with Gasteiger partial charge in [-0.1, -0.05) is 34.5 Å². The molecule has 0 saturated heterocycles. The van der Waals surface area contributed by atoms with E-state index in [1.54, 1.807) is 19.1 Å². The second kappa shape index (κ2) is 8.81. The molecule has 1 N–H and O–H groups in total. The molecule has 5 nitrogen and oxygen atoms in total. The smallest absolute Gasteiger partial charge is 0.324 e. The molecule has 1 amide bonds. The SMILES string of the molecule is CCN(CC(=O)Nc1cc(C(F)(F)F)ccc1Cl)S(=O)(=O)c1ccc(Br)cc1. The van der Waals surface area contributed by atoms with Crippen LogP contribution in [0.4, 0.5) is 18.9 Å². The van der Waals surface area contributed by atoms with E-state index in [2.05, 4.69) is 21.2 Å². The molecule has 0 fully saturated rings. The van der Waals surface area contributed by atoms with Gasteiger partial charge in [0.1, 0.15) is 0 Å². The number of amides is 1. The van der Waals surface area contributed by atoms with Gasteiger partial charge in [-0.3, -0.25) is 4.79 Å². The van der Waals surface area contributed by atoms with Crippen LogP contribution in [0.3, 0.4) is 0 Å². The highest BCUT2D eigenvalue weighted by molar-refractivity contribution is 9.10. The van der Waals surface area contributed by atoms with Crippen LogP contribution in [-0.2, 0) is 21.0 Å². The molecule has 0 heterocycles. The number of benzene rings is 2. The third-order valence-corrected chi connectivity index (χ3v) is 6.49. The number of halogens is 5. The zero-order valence-corrected chi connectivity index (χ0v) is 17.6. The number of hydrogen-bond donors (Lipinski definition) is 1. The molecule has 0 aliphatic rings. The fraction of sp³-hybridized carbons (Fsp3) is 0.235. The number of carbonyl (C=O) groups is 1. The van der Waals surface area contributed by atoms with Crippen LogP contribution >= 0.6 is 27.5 Å². The average Bonchev–Trinajstić information content (AvgIpc) is 2.60. The van der Waals surface area contributed by atoms with Crippen molar-refractivity contribution in [2.45, 2.75) is 18.0 Å². The van der Waals surface area contributed by atoms with Crippen molar-refractivity contribution in [1.29, 1.82) is 0 Å². The number of anilines is 1. The lowest BCUT2D eigenvalue weighted by Crippen LogP contribution is -2.37. The molecule has 0 aliphatic carbocycles. The Labute approximate surface area is 173 Å². The maximum Gasteiger partial charge on any atom is 0.416 e. The Bertz CT molecular complexity index is 967. The van der Waals surface area contributed by atoms with E-state index >= 15 is 0 Å². The molecule has 0 atom stereocenters. The molecule has 2 rings (SSSR count).